The number of amides is 3. The van der Waals surface area contributed by atoms with E-state index in [0.29, 0.717) is 26.2 Å². The second kappa shape index (κ2) is 7.59. The summed E-state index contributed by atoms with van der Waals surface area (Å²) in [7, 11) is 0. The van der Waals surface area contributed by atoms with Crippen LogP contribution in [-0.4, -0.2) is 42.3 Å². The maximum atomic E-state index is 12.0. The number of carbonyl (C=O) groups excluding carboxylic acids is 3. The van der Waals surface area contributed by atoms with E-state index in [-0.39, 0.29) is 30.1 Å². The highest BCUT2D eigenvalue weighted by molar-refractivity contribution is 5.89. The van der Waals surface area contributed by atoms with Gasteiger partial charge in [0, 0.05) is 39.5 Å². The van der Waals surface area contributed by atoms with Crippen LogP contribution in [0.4, 0.5) is 0 Å². The molecule has 0 aromatic heterocycles. The van der Waals surface area contributed by atoms with Crippen LogP contribution in [0.3, 0.4) is 0 Å². The van der Waals surface area contributed by atoms with Gasteiger partial charge in [0.25, 0.3) is 0 Å². The molecule has 0 aliphatic carbocycles. The summed E-state index contributed by atoms with van der Waals surface area (Å²) in [6.07, 6.45) is 0.249. The van der Waals surface area contributed by atoms with Gasteiger partial charge in [0.2, 0.25) is 17.7 Å². The number of likely N-dealkylation sites (tertiary alicyclic amines) is 1. The Morgan fingerprint density at radius 3 is 2.55 bits per heavy atom. The smallest absolute Gasteiger partial charge is 0.225 e. The molecule has 0 saturated carbocycles. The van der Waals surface area contributed by atoms with E-state index in [9.17, 15) is 14.4 Å². The van der Waals surface area contributed by atoms with Crippen molar-refractivity contribution in [3.05, 3.63) is 35.9 Å². The van der Waals surface area contributed by atoms with E-state index < -0.39 is 0 Å². The Bertz CT molecular complexity index is 545. The number of carbonyl (C=O) groups is 3. The third-order valence-corrected chi connectivity index (χ3v) is 3.60. The van der Waals surface area contributed by atoms with E-state index >= 15 is 0 Å². The summed E-state index contributed by atoms with van der Waals surface area (Å²) in [6, 6.07) is 9.73. The largest absolute Gasteiger partial charge is 0.355 e. The Hall–Kier alpha value is -2.37. The van der Waals surface area contributed by atoms with Crippen LogP contribution in [0.15, 0.2) is 30.3 Å². The van der Waals surface area contributed by atoms with Crippen LogP contribution in [0.1, 0.15) is 18.9 Å². The van der Waals surface area contributed by atoms with E-state index in [0.717, 1.165) is 5.56 Å². The lowest BCUT2D eigenvalue weighted by Gasteiger charge is -2.16. The third kappa shape index (κ3) is 4.58. The maximum absolute atomic E-state index is 12.0. The average Bonchev–Trinajstić information content (AvgIpc) is 2.85. The molecule has 6 nitrogen and oxygen atoms in total. The van der Waals surface area contributed by atoms with Gasteiger partial charge in [-0.25, -0.2) is 0 Å². The summed E-state index contributed by atoms with van der Waals surface area (Å²) in [5.74, 6) is -0.562. The maximum Gasteiger partial charge on any atom is 0.225 e. The predicted octanol–water partition coefficient (Wildman–Crippen LogP) is 0.287. The van der Waals surface area contributed by atoms with Gasteiger partial charge in [0.15, 0.2) is 0 Å². The van der Waals surface area contributed by atoms with Gasteiger partial charge >= 0.3 is 0 Å². The van der Waals surface area contributed by atoms with Crippen molar-refractivity contribution in [3.8, 4) is 0 Å². The molecule has 0 radical (unpaired) electrons. The first-order valence-electron chi connectivity index (χ1n) is 7.40. The van der Waals surface area contributed by atoms with Gasteiger partial charge in [-0.2, -0.15) is 0 Å². The van der Waals surface area contributed by atoms with Gasteiger partial charge in [-0.1, -0.05) is 30.3 Å². The van der Waals surface area contributed by atoms with Crippen molar-refractivity contribution >= 4 is 17.7 Å². The molecule has 6 heteroatoms. The Morgan fingerprint density at radius 2 is 1.86 bits per heavy atom. The number of nitrogens with one attached hydrogen (secondary N) is 2. The fourth-order valence-electron chi connectivity index (χ4n) is 2.47. The second-order valence-corrected chi connectivity index (χ2v) is 5.43. The number of hydrogen-bond donors (Lipinski definition) is 2. The molecule has 118 valence electrons. The van der Waals surface area contributed by atoms with Crippen molar-refractivity contribution in [1.82, 2.24) is 15.5 Å². The zero-order valence-corrected chi connectivity index (χ0v) is 12.7. The number of benzene rings is 1. The minimum Gasteiger partial charge on any atom is -0.355 e. The van der Waals surface area contributed by atoms with Crippen molar-refractivity contribution in [3.63, 3.8) is 0 Å². The SMILES string of the molecule is CC(=O)NCCNC(=O)C1CC(=O)N(Cc2ccccc2)C1. The van der Waals surface area contributed by atoms with Crippen molar-refractivity contribution in [1.29, 1.82) is 0 Å². The molecule has 0 spiro atoms. The summed E-state index contributed by atoms with van der Waals surface area (Å²) in [5, 5.41) is 5.36. The van der Waals surface area contributed by atoms with Crippen LogP contribution in [0.25, 0.3) is 0 Å². The van der Waals surface area contributed by atoms with Crippen LogP contribution in [0.2, 0.25) is 0 Å². The lowest BCUT2D eigenvalue weighted by atomic mass is 10.1. The van der Waals surface area contributed by atoms with E-state index in [1.165, 1.54) is 6.92 Å². The fourth-order valence-corrected chi connectivity index (χ4v) is 2.47. The molecule has 1 unspecified atom stereocenters. The summed E-state index contributed by atoms with van der Waals surface area (Å²) in [4.78, 5) is 36.5. The Kier molecular flexibility index (Phi) is 5.52. The highest BCUT2D eigenvalue weighted by Gasteiger charge is 2.33. The molecule has 22 heavy (non-hydrogen) atoms. The average molecular weight is 303 g/mol. The van der Waals surface area contributed by atoms with Crippen LogP contribution < -0.4 is 10.6 Å². The lowest BCUT2D eigenvalue weighted by Crippen LogP contribution is -2.37. The molecule has 1 aliphatic heterocycles. The van der Waals surface area contributed by atoms with Gasteiger partial charge in [-0.15, -0.1) is 0 Å². The normalized spacial score (nSPS) is 17.4. The summed E-state index contributed by atoms with van der Waals surface area (Å²) in [6.45, 7) is 3.19. The molecule has 2 rings (SSSR count). The van der Waals surface area contributed by atoms with Gasteiger partial charge in [0.1, 0.15) is 0 Å². The standard InChI is InChI=1S/C16H21N3O3/c1-12(20)17-7-8-18-16(22)14-9-15(21)19(11-14)10-13-5-3-2-4-6-13/h2-6,14H,7-11H2,1H3,(H,17,20)(H,18,22). The molecule has 0 bridgehead atoms. The predicted molar refractivity (Wildman–Crippen MR) is 81.7 cm³/mol. The minimum atomic E-state index is -0.312. The third-order valence-electron chi connectivity index (χ3n) is 3.60. The molecule has 1 saturated heterocycles. The van der Waals surface area contributed by atoms with Gasteiger partial charge in [-0.3, -0.25) is 14.4 Å². The van der Waals surface area contributed by atoms with E-state index in [2.05, 4.69) is 10.6 Å². The first-order chi connectivity index (χ1) is 10.6. The molecule has 2 N–H and O–H groups in total. The molecule has 1 aliphatic rings. The Morgan fingerprint density at radius 1 is 1.18 bits per heavy atom. The van der Waals surface area contributed by atoms with Crippen molar-refractivity contribution < 1.29 is 14.4 Å². The van der Waals surface area contributed by atoms with Crippen LogP contribution in [0.5, 0.6) is 0 Å². The molecule has 1 fully saturated rings. The molecule has 3 amide bonds. The quantitative estimate of drug-likeness (QED) is 0.741. The molecule has 1 aromatic carbocycles. The number of rotatable bonds is 6. The lowest BCUT2D eigenvalue weighted by molar-refractivity contribution is -0.129. The molecule has 1 aromatic rings. The zero-order valence-electron chi connectivity index (χ0n) is 12.7. The van der Waals surface area contributed by atoms with E-state index in [1.54, 1.807) is 4.90 Å². The van der Waals surface area contributed by atoms with Crippen molar-refractivity contribution in [2.24, 2.45) is 5.92 Å². The molecule has 1 heterocycles. The summed E-state index contributed by atoms with van der Waals surface area (Å²) in [5.41, 5.74) is 1.06. The second-order valence-electron chi connectivity index (χ2n) is 5.43. The highest BCUT2D eigenvalue weighted by Crippen LogP contribution is 2.20. The zero-order chi connectivity index (χ0) is 15.9. The molecule has 1 atom stereocenters. The summed E-state index contributed by atoms with van der Waals surface area (Å²) >= 11 is 0. The Labute approximate surface area is 129 Å². The topological polar surface area (TPSA) is 78.5 Å². The van der Waals surface area contributed by atoms with Crippen molar-refractivity contribution in [2.75, 3.05) is 19.6 Å². The first-order valence-corrected chi connectivity index (χ1v) is 7.40. The van der Waals surface area contributed by atoms with E-state index in [1.807, 2.05) is 30.3 Å². The fraction of sp³-hybridized carbons (Fsp3) is 0.438. The monoisotopic (exact) mass is 303 g/mol. The van der Waals surface area contributed by atoms with Crippen LogP contribution in [0, 0.1) is 5.92 Å². The summed E-state index contributed by atoms with van der Waals surface area (Å²) < 4.78 is 0. The van der Waals surface area contributed by atoms with Crippen molar-refractivity contribution in [2.45, 2.75) is 19.9 Å². The van der Waals surface area contributed by atoms with Gasteiger partial charge in [0.05, 0.1) is 5.92 Å². The molecular weight excluding hydrogens is 282 g/mol. The number of hydrogen-bond acceptors (Lipinski definition) is 3. The number of nitrogens with zero attached hydrogens (tertiary/aromatic N) is 1. The minimum absolute atomic E-state index is 0.00543. The van der Waals surface area contributed by atoms with Gasteiger partial charge in [-0.05, 0) is 5.56 Å². The highest BCUT2D eigenvalue weighted by atomic mass is 16.2. The van der Waals surface area contributed by atoms with Gasteiger partial charge < -0.3 is 15.5 Å². The van der Waals surface area contributed by atoms with Crippen LogP contribution >= 0.6 is 0 Å². The molecular formula is C16H21N3O3. The van der Waals surface area contributed by atoms with E-state index in [4.69, 9.17) is 0 Å². The Balaban J connectivity index is 1.78. The van der Waals surface area contributed by atoms with Crippen LogP contribution in [-0.2, 0) is 20.9 Å². The first kappa shape index (κ1) is 16.0.